The minimum Gasteiger partial charge on any atom is -0.462 e. The maximum atomic E-state index is 11.7. The largest absolute Gasteiger partial charge is 0.462 e. The number of nitrogens with zero attached hydrogens (tertiary/aromatic N) is 1. The van der Waals surface area contributed by atoms with E-state index in [1.807, 2.05) is 0 Å². The van der Waals surface area contributed by atoms with Crippen LogP contribution in [0.25, 0.3) is 21.8 Å². The van der Waals surface area contributed by atoms with Crippen LogP contribution in [0.2, 0.25) is 0 Å². The van der Waals surface area contributed by atoms with Crippen LogP contribution >= 0.6 is 0 Å². The Hall–Kier alpha value is -2.63. The van der Waals surface area contributed by atoms with Gasteiger partial charge in [-0.2, -0.15) is 0 Å². The van der Waals surface area contributed by atoms with E-state index in [2.05, 4.69) is 10.1 Å². The first-order valence-corrected chi connectivity index (χ1v) is 5.77. The molecule has 0 aliphatic rings. The molecule has 2 heterocycles. The summed E-state index contributed by atoms with van der Waals surface area (Å²) in [7, 11) is 0. The van der Waals surface area contributed by atoms with Crippen LogP contribution in [0.3, 0.4) is 0 Å². The molecule has 2 aromatic heterocycles. The second-order valence-corrected chi connectivity index (χ2v) is 3.99. The normalized spacial score (nSPS) is 11.0. The molecule has 0 bridgehead atoms. The molecule has 6 nitrogen and oxygen atoms in total. The Morgan fingerprint density at radius 1 is 1.42 bits per heavy atom. The summed E-state index contributed by atoms with van der Waals surface area (Å²) in [6.45, 7) is 2.05. The molecule has 0 saturated carbocycles. The maximum Gasteiger partial charge on any atom is 0.366 e. The van der Waals surface area contributed by atoms with Gasteiger partial charge in [-0.05, 0) is 25.1 Å². The van der Waals surface area contributed by atoms with E-state index in [9.17, 15) is 9.59 Å². The second kappa shape index (κ2) is 4.24. The summed E-state index contributed by atoms with van der Waals surface area (Å²) in [5.41, 5.74) is 1.12. The van der Waals surface area contributed by atoms with Gasteiger partial charge in [-0.25, -0.2) is 14.7 Å². The number of carbonyl (C=O) groups is 1. The predicted octanol–water partition coefficient (Wildman–Crippen LogP) is 1.85. The predicted molar refractivity (Wildman–Crippen MR) is 68.1 cm³/mol. The lowest BCUT2D eigenvalue weighted by molar-refractivity contribution is 0.0526. The fourth-order valence-corrected chi connectivity index (χ4v) is 1.95. The van der Waals surface area contributed by atoms with Crippen LogP contribution in [-0.4, -0.2) is 22.7 Å². The molecule has 0 fully saturated rings. The highest BCUT2D eigenvalue weighted by atomic mass is 16.5. The maximum absolute atomic E-state index is 11.7. The van der Waals surface area contributed by atoms with Gasteiger partial charge < -0.3 is 9.26 Å². The van der Waals surface area contributed by atoms with Crippen molar-refractivity contribution in [3.05, 3.63) is 40.4 Å². The Morgan fingerprint density at radius 3 is 3.05 bits per heavy atom. The van der Waals surface area contributed by atoms with E-state index in [1.54, 1.807) is 25.1 Å². The molecule has 0 saturated heterocycles. The molecule has 0 spiro atoms. The fraction of sp³-hybridized carbons (Fsp3) is 0.154. The van der Waals surface area contributed by atoms with Gasteiger partial charge in [-0.1, -0.05) is 0 Å². The highest BCUT2D eigenvalue weighted by molar-refractivity contribution is 6.05. The van der Waals surface area contributed by atoms with Crippen LogP contribution in [0, 0.1) is 0 Å². The van der Waals surface area contributed by atoms with Gasteiger partial charge in [0.05, 0.1) is 23.2 Å². The molecule has 0 aliphatic carbocycles. The molecule has 3 aromatic rings. The number of nitrogens with one attached hydrogen (secondary N) is 1. The van der Waals surface area contributed by atoms with Gasteiger partial charge in [0.1, 0.15) is 5.39 Å². The molecule has 96 valence electrons. The van der Waals surface area contributed by atoms with Crippen LogP contribution in [0.15, 0.2) is 33.7 Å². The van der Waals surface area contributed by atoms with Gasteiger partial charge in [-0.15, -0.1) is 0 Å². The number of esters is 1. The number of H-pyrrole nitrogens is 1. The molecule has 0 aliphatic heterocycles. The van der Waals surface area contributed by atoms with E-state index in [1.165, 1.54) is 6.20 Å². The Balaban J connectivity index is 2.28. The minimum atomic E-state index is -0.481. The van der Waals surface area contributed by atoms with Crippen LogP contribution in [0.4, 0.5) is 0 Å². The molecular weight excluding hydrogens is 248 g/mol. The number of hydrogen-bond acceptors (Lipinski definition) is 5. The highest BCUT2D eigenvalue weighted by Gasteiger charge is 2.12. The third-order valence-corrected chi connectivity index (χ3v) is 2.84. The van der Waals surface area contributed by atoms with Gasteiger partial charge >= 0.3 is 11.6 Å². The summed E-state index contributed by atoms with van der Waals surface area (Å²) in [5.74, 6) is -0.410. The Labute approximate surface area is 107 Å². The quantitative estimate of drug-likeness (QED) is 0.709. The number of benzene rings is 1. The van der Waals surface area contributed by atoms with E-state index in [0.29, 0.717) is 34.0 Å². The zero-order chi connectivity index (χ0) is 13.4. The third kappa shape index (κ3) is 1.77. The molecule has 0 amide bonds. The monoisotopic (exact) mass is 258 g/mol. The van der Waals surface area contributed by atoms with E-state index in [-0.39, 0.29) is 0 Å². The number of pyridine rings is 1. The van der Waals surface area contributed by atoms with Crippen molar-refractivity contribution in [1.82, 2.24) is 10.1 Å². The summed E-state index contributed by atoms with van der Waals surface area (Å²) in [5, 5.41) is 3.55. The van der Waals surface area contributed by atoms with Crippen LogP contribution < -0.4 is 5.63 Å². The van der Waals surface area contributed by atoms with Gasteiger partial charge in [0.15, 0.2) is 0 Å². The summed E-state index contributed by atoms with van der Waals surface area (Å²) in [4.78, 5) is 27.3. The summed E-state index contributed by atoms with van der Waals surface area (Å²) in [6.07, 6.45) is 1.45. The summed E-state index contributed by atoms with van der Waals surface area (Å²) >= 11 is 0. The summed E-state index contributed by atoms with van der Waals surface area (Å²) < 4.78 is 9.67. The standard InChI is InChI=1S/C13H10N2O4/c1-2-18-12(16)7-3-4-10-8(5-7)11-9(6-14-10)13(17)19-15-11/h3-6,15H,2H2,1H3. The number of aromatic amines is 1. The zero-order valence-corrected chi connectivity index (χ0v) is 10.1. The molecule has 0 atom stereocenters. The molecule has 19 heavy (non-hydrogen) atoms. The Morgan fingerprint density at radius 2 is 2.26 bits per heavy atom. The van der Waals surface area contributed by atoms with E-state index >= 15 is 0 Å². The lowest BCUT2D eigenvalue weighted by Gasteiger charge is -2.03. The zero-order valence-electron chi connectivity index (χ0n) is 10.1. The van der Waals surface area contributed by atoms with Gasteiger partial charge in [0, 0.05) is 11.6 Å². The number of hydrogen-bond donors (Lipinski definition) is 1. The van der Waals surface area contributed by atoms with Crippen molar-refractivity contribution in [3.8, 4) is 0 Å². The van der Waals surface area contributed by atoms with E-state index in [4.69, 9.17) is 9.26 Å². The smallest absolute Gasteiger partial charge is 0.366 e. The molecule has 1 N–H and O–H groups in total. The second-order valence-electron chi connectivity index (χ2n) is 3.99. The Bertz CT molecular complexity index is 831. The molecular formula is C13H10N2O4. The van der Waals surface area contributed by atoms with E-state index in [0.717, 1.165) is 0 Å². The number of fused-ring (bicyclic) bond motifs is 3. The van der Waals surface area contributed by atoms with Crippen LogP contribution in [0.1, 0.15) is 17.3 Å². The minimum absolute atomic E-state index is 0.307. The fourth-order valence-electron chi connectivity index (χ4n) is 1.95. The first-order valence-electron chi connectivity index (χ1n) is 5.77. The van der Waals surface area contributed by atoms with E-state index < -0.39 is 11.6 Å². The topological polar surface area (TPSA) is 85.2 Å². The number of ether oxygens (including phenoxy) is 1. The first-order chi connectivity index (χ1) is 9.20. The molecule has 0 unspecified atom stereocenters. The molecule has 0 radical (unpaired) electrons. The molecule has 1 aromatic carbocycles. The molecule has 6 heteroatoms. The summed E-state index contributed by atoms with van der Waals surface area (Å²) in [6, 6.07) is 4.97. The average molecular weight is 258 g/mol. The van der Waals surface area contributed by atoms with Crippen molar-refractivity contribution in [3.63, 3.8) is 0 Å². The van der Waals surface area contributed by atoms with Gasteiger partial charge in [0.2, 0.25) is 0 Å². The van der Waals surface area contributed by atoms with Crippen molar-refractivity contribution >= 4 is 27.8 Å². The lowest BCUT2D eigenvalue weighted by atomic mass is 10.1. The SMILES string of the molecule is CCOC(=O)c1ccc2ncc3c(=O)o[nH]c3c2c1. The first kappa shape index (κ1) is 11.5. The van der Waals surface area contributed by atoms with Crippen molar-refractivity contribution in [2.24, 2.45) is 0 Å². The van der Waals surface area contributed by atoms with Crippen molar-refractivity contribution in [2.75, 3.05) is 6.61 Å². The van der Waals surface area contributed by atoms with Gasteiger partial charge in [-0.3, -0.25) is 4.98 Å². The number of rotatable bonds is 2. The molecule has 3 rings (SSSR count). The van der Waals surface area contributed by atoms with Crippen molar-refractivity contribution in [1.29, 1.82) is 0 Å². The lowest BCUT2D eigenvalue weighted by Crippen LogP contribution is -2.04. The van der Waals surface area contributed by atoms with Crippen molar-refractivity contribution in [2.45, 2.75) is 6.92 Å². The van der Waals surface area contributed by atoms with Crippen LogP contribution in [0.5, 0.6) is 0 Å². The number of aromatic nitrogens is 2. The Kier molecular flexibility index (Phi) is 2.56. The van der Waals surface area contributed by atoms with Crippen LogP contribution in [-0.2, 0) is 4.74 Å². The third-order valence-electron chi connectivity index (χ3n) is 2.84. The highest BCUT2D eigenvalue weighted by Crippen LogP contribution is 2.21. The van der Waals surface area contributed by atoms with Crippen molar-refractivity contribution < 1.29 is 14.1 Å². The number of carbonyl (C=O) groups excluding carboxylic acids is 1. The van der Waals surface area contributed by atoms with Gasteiger partial charge in [0.25, 0.3) is 0 Å². The average Bonchev–Trinajstić information content (AvgIpc) is 2.80.